The van der Waals surface area contributed by atoms with Gasteiger partial charge >= 0.3 is 5.97 Å². The van der Waals surface area contributed by atoms with Crippen LogP contribution in [0.2, 0.25) is 0 Å². The molecule has 0 saturated heterocycles. The standard InChI is InChI=1S/C20H25NO3S2/c1-15(2)21(14-20(22)23)12-13-24-18-6-4-5-7-19(18)26-17-10-8-16(25-3)9-11-17/h4-11,15H,12-14H2,1-3H3,(H,22,23). The Balaban J connectivity index is 1.98. The van der Waals surface area contributed by atoms with E-state index in [1.165, 1.54) is 4.90 Å². The average molecular weight is 392 g/mol. The van der Waals surface area contributed by atoms with E-state index >= 15 is 0 Å². The molecular weight excluding hydrogens is 366 g/mol. The van der Waals surface area contributed by atoms with Gasteiger partial charge in [0.2, 0.25) is 0 Å². The van der Waals surface area contributed by atoms with Crippen LogP contribution in [-0.2, 0) is 4.79 Å². The van der Waals surface area contributed by atoms with Gasteiger partial charge in [-0.15, -0.1) is 11.8 Å². The second-order valence-electron chi connectivity index (χ2n) is 6.03. The number of thioether (sulfide) groups is 1. The first-order valence-electron chi connectivity index (χ1n) is 8.49. The van der Waals surface area contributed by atoms with E-state index < -0.39 is 5.97 Å². The lowest BCUT2D eigenvalue weighted by Crippen LogP contribution is -2.38. The molecule has 2 aromatic carbocycles. The number of carboxylic acid groups (broad SMARTS) is 1. The number of nitrogens with zero attached hydrogens (tertiary/aromatic N) is 1. The van der Waals surface area contributed by atoms with Gasteiger partial charge in [-0.1, -0.05) is 23.9 Å². The highest BCUT2D eigenvalue weighted by atomic mass is 32.2. The van der Waals surface area contributed by atoms with E-state index in [1.54, 1.807) is 23.5 Å². The van der Waals surface area contributed by atoms with Crippen molar-refractivity contribution in [2.24, 2.45) is 0 Å². The summed E-state index contributed by atoms with van der Waals surface area (Å²) in [7, 11) is 0. The third-order valence-electron chi connectivity index (χ3n) is 3.84. The van der Waals surface area contributed by atoms with Gasteiger partial charge in [0.15, 0.2) is 0 Å². The highest BCUT2D eigenvalue weighted by Gasteiger charge is 2.13. The van der Waals surface area contributed by atoms with Crippen LogP contribution in [-0.4, -0.2) is 48.0 Å². The van der Waals surface area contributed by atoms with Crippen molar-refractivity contribution in [2.45, 2.75) is 34.6 Å². The van der Waals surface area contributed by atoms with Crippen LogP contribution in [0.3, 0.4) is 0 Å². The van der Waals surface area contributed by atoms with Gasteiger partial charge in [0, 0.05) is 22.4 Å². The molecule has 0 fully saturated rings. The summed E-state index contributed by atoms with van der Waals surface area (Å²) in [6.07, 6.45) is 2.07. The lowest BCUT2D eigenvalue weighted by atomic mass is 10.3. The molecule has 2 rings (SSSR count). The topological polar surface area (TPSA) is 49.8 Å². The maximum atomic E-state index is 11.0. The molecule has 0 aromatic heterocycles. The quantitative estimate of drug-likeness (QED) is 0.591. The van der Waals surface area contributed by atoms with Gasteiger partial charge in [0.25, 0.3) is 0 Å². The predicted octanol–water partition coefficient (Wildman–Crippen LogP) is 4.73. The van der Waals surface area contributed by atoms with E-state index in [4.69, 9.17) is 9.84 Å². The molecule has 0 unspecified atom stereocenters. The zero-order valence-electron chi connectivity index (χ0n) is 15.3. The second kappa shape index (κ2) is 10.5. The van der Waals surface area contributed by atoms with Crippen molar-refractivity contribution in [2.75, 3.05) is 26.0 Å². The molecule has 140 valence electrons. The Bertz CT molecular complexity index is 704. The molecule has 0 heterocycles. The Kier molecular flexibility index (Phi) is 8.35. The minimum atomic E-state index is -0.816. The zero-order chi connectivity index (χ0) is 18.9. The van der Waals surface area contributed by atoms with Crippen molar-refractivity contribution in [3.05, 3.63) is 48.5 Å². The van der Waals surface area contributed by atoms with E-state index in [-0.39, 0.29) is 12.6 Å². The molecule has 6 heteroatoms. The molecule has 0 atom stereocenters. The van der Waals surface area contributed by atoms with Gasteiger partial charge in [-0.3, -0.25) is 9.69 Å². The minimum absolute atomic E-state index is 0.0270. The lowest BCUT2D eigenvalue weighted by molar-refractivity contribution is -0.138. The summed E-state index contributed by atoms with van der Waals surface area (Å²) in [6.45, 7) is 5.04. The van der Waals surface area contributed by atoms with Gasteiger partial charge in [-0.05, 0) is 56.5 Å². The van der Waals surface area contributed by atoms with E-state index in [2.05, 4.69) is 30.5 Å². The fraction of sp³-hybridized carbons (Fsp3) is 0.350. The summed E-state index contributed by atoms with van der Waals surface area (Å²) in [5.41, 5.74) is 0. The van der Waals surface area contributed by atoms with Crippen LogP contribution in [0.5, 0.6) is 5.75 Å². The molecule has 0 spiro atoms. The second-order valence-corrected chi connectivity index (χ2v) is 8.03. The summed E-state index contributed by atoms with van der Waals surface area (Å²) in [6, 6.07) is 16.6. The highest BCUT2D eigenvalue weighted by molar-refractivity contribution is 7.99. The highest BCUT2D eigenvalue weighted by Crippen LogP contribution is 2.35. The number of rotatable bonds is 10. The van der Waals surface area contributed by atoms with Crippen molar-refractivity contribution in [1.82, 2.24) is 4.90 Å². The number of carboxylic acids is 1. The first kappa shape index (κ1) is 20.7. The van der Waals surface area contributed by atoms with E-state index in [0.717, 1.165) is 15.5 Å². The third-order valence-corrected chi connectivity index (χ3v) is 5.65. The number of ether oxygens (including phenoxy) is 1. The maximum Gasteiger partial charge on any atom is 0.317 e. The molecular formula is C20H25NO3S2. The summed E-state index contributed by atoms with van der Waals surface area (Å²) < 4.78 is 5.96. The molecule has 2 aromatic rings. The fourth-order valence-corrected chi connectivity index (χ4v) is 3.70. The van der Waals surface area contributed by atoms with Crippen LogP contribution in [0.25, 0.3) is 0 Å². The maximum absolute atomic E-state index is 11.0. The Morgan fingerprint density at radius 1 is 1.12 bits per heavy atom. The number of hydrogen-bond acceptors (Lipinski definition) is 5. The monoisotopic (exact) mass is 391 g/mol. The molecule has 0 radical (unpaired) electrons. The van der Waals surface area contributed by atoms with Crippen molar-refractivity contribution < 1.29 is 14.6 Å². The van der Waals surface area contributed by atoms with Crippen molar-refractivity contribution in [3.8, 4) is 5.75 Å². The Labute approximate surface area is 163 Å². The lowest BCUT2D eigenvalue weighted by Gasteiger charge is -2.24. The molecule has 0 saturated carbocycles. The molecule has 4 nitrogen and oxygen atoms in total. The summed E-state index contributed by atoms with van der Waals surface area (Å²) in [4.78, 5) is 16.3. The van der Waals surface area contributed by atoms with Crippen molar-refractivity contribution in [3.63, 3.8) is 0 Å². The van der Waals surface area contributed by atoms with Crippen LogP contribution in [0.1, 0.15) is 13.8 Å². The van der Waals surface area contributed by atoms with Crippen LogP contribution >= 0.6 is 23.5 Å². The molecule has 0 aliphatic carbocycles. The number of benzene rings is 2. The average Bonchev–Trinajstić information content (AvgIpc) is 2.62. The largest absolute Gasteiger partial charge is 0.491 e. The Hall–Kier alpha value is -1.63. The third kappa shape index (κ3) is 6.59. The molecule has 0 bridgehead atoms. The first-order valence-corrected chi connectivity index (χ1v) is 10.5. The minimum Gasteiger partial charge on any atom is -0.491 e. The number of hydrogen-bond donors (Lipinski definition) is 1. The van der Waals surface area contributed by atoms with Crippen LogP contribution in [0, 0.1) is 0 Å². The molecule has 1 N–H and O–H groups in total. The van der Waals surface area contributed by atoms with Crippen molar-refractivity contribution in [1.29, 1.82) is 0 Å². The molecule has 26 heavy (non-hydrogen) atoms. The Morgan fingerprint density at radius 3 is 2.38 bits per heavy atom. The van der Waals surface area contributed by atoms with Crippen molar-refractivity contribution >= 4 is 29.5 Å². The normalized spacial score (nSPS) is 11.1. The number of para-hydroxylation sites is 1. The van der Waals surface area contributed by atoms with Gasteiger partial charge < -0.3 is 9.84 Å². The van der Waals surface area contributed by atoms with Gasteiger partial charge in [0.05, 0.1) is 11.4 Å². The fourth-order valence-electron chi connectivity index (χ4n) is 2.39. The summed E-state index contributed by atoms with van der Waals surface area (Å²) in [5, 5.41) is 9.01. The Morgan fingerprint density at radius 2 is 1.77 bits per heavy atom. The summed E-state index contributed by atoms with van der Waals surface area (Å²) in [5.74, 6) is 0.00817. The van der Waals surface area contributed by atoms with E-state index in [0.29, 0.717) is 13.2 Å². The summed E-state index contributed by atoms with van der Waals surface area (Å²) >= 11 is 3.39. The van der Waals surface area contributed by atoms with Crippen LogP contribution in [0.15, 0.2) is 63.2 Å². The van der Waals surface area contributed by atoms with Crippen LogP contribution in [0.4, 0.5) is 0 Å². The molecule has 0 aliphatic rings. The zero-order valence-corrected chi connectivity index (χ0v) is 17.0. The number of carbonyl (C=O) groups is 1. The smallest absolute Gasteiger partial charge is 0.317 e. The molecule has 0 aliphatic heterocycles. The van der Waals surface area contributed by atoms with Gasteiger partial charge in [-0.2, -0.15) is 0 Å². The first-order chi connectivity index (χ1) is 12.5. The van der Waals surface area contributed by atoms with E-state index in [1.807, 2.05) is 43.0 Å². The van der Waals surface area contributed by atoms with Gasteiger partial charge in [0.1, 0.15) is 12.4 Å². The number of aliphatic carboxylic acids is 1. The van der Waals surface area contributed by atoms with E-state index in [9.17, 15) is 4.79 Å². The SMILES string of the molecule is CSc1ccc(Sc2ccccc2OCCN(CC(=O)O)C(C)C)cc1. The van der Waals surface area contributed by atoms with Gasteiger partial charge in [-0.25, -0.2) is 0 Å². The van der Waals surface area contributed by atoms with Crippen LogP contribution < -0.4 is 4.74 Å². The predicted molar refractivity (Wildman–Crippen MR) is 109 cm³/mol. The molecule has 0 amide bonds.